The molecule has 3 aromatic rings. The van der Waals surface area contributed by atoms with Crippen LogP contribution in [0.2, 0.25) is 5.02 Å². The third-order valence-corrected chi connectivity index (χ3v) is 4.01. The first-order chi connectivity index (χ1) is 11.1. The Morgan fingerprint density at radius 1 is 1.00 bits per heavy atom. The Kier molecular flexibility index (Phi) is 4.01. The molecule has 0 bridgehead atoms. The molecule has 1 heterocycles. The molecule has 0 saturated heterocycles. The lowest BCUT2D eigenvalue weighted by Gasteiger charge is -2.15. The zero-order chi connectivity index (χ0) is 16.4. The van der Waals surface area contributed by atoms with Crippen LogP contribution in [0.25, 0.3) is 22.4 Å². The summed E-state index contributed by atoms with van der Waals surface area (Å²) < 4.78 is 0. The summed E-state index contributed by atoms with van der Waals surface area (Å²) >= 11 is 5.97. The Morgan fingerprint density at radius 2 is 1.65 bits per heavy atom. The third kappa shape index (κ3) is 2.77. The van der Waals surface area contributed by atoms with Gasteiger partial charge < -0.3 is 5.73 Å². The van der Waals surface area contributed by atoms with Gasteiger partial charge in [0.2, 0.25) is 0 Å². The molecule has 0 saturated carbocycles. The molecule has 2 N–H and O–H groups in total. The van der Waals surface area contributed by atoms with Crippen molar-refractivity contribution < 1.29 is 0 Å². The smallest absolute Gasteiger partial charge is 0.142 e. The van der Waals surface area contributed by atoms with Gasteiger partial charge in [-0.25, -0.2) is 4.98 Å². The van der Waals surface area contributed by atoms with Crippen LogP contribution in [-0.4, -0.2) is 4.98 Å². The van der Waals surface area contributed by atoms with Gasteiger partial charge in [-0.3, -0.25) is 0 Å². The third-order valence-electron chi connectivity index (χ3n) is 3.76. The monoisotopic (exact) mass is 319 g/mol. The molecular formula is C19H14ClN3. The molecule has 1 aromatic heterocycles. The predicted molar refractivity (Wildman–Crippen MR) is 94.0 cm³/mol. The van der Waals surface area contributed by atoms with Crippen LogP contribution in [0.15, 0.2) is 54.6 Å². The van der Waals surface area contributed by atoms with Gasteiger partial charge >= 0.3 is 0 Å². The molecule has 0 amide bonds. The van der Waals surface area contributed by atoms with Gasteiger partial charge in [0, 0.05) is 16.1 Å². The summed E-state index contributed by atoms with van der Waals surface area (Å²) in [6, 6.07) is 19.4. The van der Waals surface area contributed by atoms with Crippen LogP contribution in [0.1, 0.15) is 11.1 Å². The van der Waals surface area contributed by atoms with Gasteiger partial charge in [-0.2, -0.15) is 5.26 Å². The first-order valence-corrected chi connectivity index (χ1v) is 7.51. The molecule has 4 heteroatoms. The lowest BCUT2D eigenvalue weighted by atomic mass is 9.93. The van der Waals surface area contributed by atoms with Crippen molar-refractivity contribution in [2.24, 2.45) is 0 Å². The Bertz CT molecular complexity index is 895. The highest BCUT2D eigenvalue weighted by Gasteiger charge is 2.18. The minimum Gasteiger partial charge on any atom is -0.383 e. The first kappa shape index (κ1) is 15.1. The molecule has 0 atom stereocenters. The summed E-state index contributed by atoms with van der Waals surface area (Å²) in [6.45, 7) is 1.96. The molecule has 0 spiro atoms. The summed E-state index contributed by atoms with van der Waals surface area (Å²) in [5.41, 5.74) is 10.8. The quantitative estimate of drug-likeness (QED) is 0.735. The van der Waals surface area contributed by atoms with E-state index in [0.29, 0.717) is 10.6 Å². The van der Waals surface area contributed by atoms with Crippen molar-refractivity contribution in [1.29, 1.82) is 5.26 Å². The maximum absolute atomic E-state index is 9.51. The largest absolute Gasteiger partial charge is 0.383 e. The minimum absolute atomic E-state index is 0.238. The van der Waals surface area contributed by atoms with Crippen molar-refractivity contribution in [3.8, 4) is 28.5 Å². The van der Waals surface area contributed by atoms with E-state index in [1.165, 1.54) is 0 Å². The molecule has 3 rings (SSSR count). The zero-order valence-corrected chi connectivity index (χ0v) is 13.3. The first-order valence-electron chi connectivity index (χ1n) is 7.13. The maximum Gasteiger partial charge on any atom is 0.142 e. The fourth-order valence-corrected chi connectivity index (χ4v) is 2.79. The normalized spacial score (nSPS) is 10.3. The van der Waals surface area contributed by atoms with Gasteiger partial charge in [-0.05, 0) is 30.2 Å². The fourth-order valence-electron chi connectivity index (χ4n) is 2.66. The van der Waals surface area contributed by atoms with E-state index in [4.69, 9.17) is 17.3 Å². The number of hydrogen-bond donors (Lipinski definition) is 1. The van der Waals surface area contributed by atoms with E-state index in [0.717, 1.165) is 27.9 Å². The van der Waals surface area contributed by atoms with Crippen LogP contribution in [0, 0.1) is 18.3 Å². The van der Waals surface area contributed by atoms with Crippen LogP contribution in [-0.2, 0) is 0 Å². The summed E-state index contributed by atoms with van der Waals surface area (Å²) in [5, 5.41) is 10.2. The number of benzene rings is 2. The van der Waals surface area contributed by atoms with E-state index in [1.54, 1.807) is 12.1 Å². The van der Waals surface area contributed by atoms with Gasteiger partial charge in [-0.1, -0.05) is 54.1 Å². The average molecular weight is 320 g/mol. The molecule has 0 unspecified atom stereocenters. The van der Waals surface area contributed by atoms with Gasteiger partial charge in [0.1, 0.15) is 17.5 Å². The second-order valence-electron chi connectivity index (χ2n) is 5.21. The summed E-state index contributed by atoms with van der Waals surface area (Å²) in [7, 11) is 0. The number of pyridine rings is 1. The van der Waals surface area contributed by atoms with Crippen molar-refractivity contribution in [1.82, 2.24) is 4.98 Å². The highest BCUT2D eigenvalue weighted by molar-refractivity contribution is 6.30. The Balaban J connectivity index is 2.32. The second kappa shape index (κ2) is 6.12. The SMILES string of the molecule is Cc1c(-c2ccccc2)nc(N)c(C#N)c1-c1ccc(Cl)cc1. The lowest BCUT2D eigenvalue weighted by Crippen LogP contribution is -2.03. The van der Waals surface area contributed by atoms with Crippen molar-refractivity contribution in [3.63, 3.8) is 0 Å². The molecule has 112 valence electrons. The predicted octanol–water partition coefficient (Wildman–Crippen LogP) is 4.83. The lowest BCUT2D eigenvalue weighted by molar-refractivity contribution is 1.26. The number of aromatic nitrogens is 1. The number of anilines is 1. The van der Waals surface area contributed by atoms with Crippen molar-refractivity contribution in [2.75, 3.05) is 5.73 Å². The van der Waals surface area contributed by atoms with E-state index in [-0.39, 0.29) is 5.82 Å². The Hall–Kier alpha value is -2.83. The number of hydrogen-bond acceptors (Lipinski definition) is 3. The van der Waals surface area contributed by atoms with Crippen LogP contribution in [0.3, 0.4) is 0 Å². The molecule has 0 aliphatic heterocycles. The Morgan fingerprint density at radius 3 is 2.26 bits per heavy atom. The number of nitrogens with two attached hydrogens (primary N) is 1. The van der Waals surface area contributed by atoms with E-state index in [1.807, 2.05) is 49.4 Å². The molecule has 23 heavy (non-hydrogen) atoms. The Labute approximate surface area is 140 Å². The number of rotatable bonds is 2. The van der Waals surface area contributed by atoms with Gasteiger partial charge in [0.15, 0.2) is 0 Å². The molecule has 2 aromatic carbocycles. The summed E-state index contributed by atoms with van der Waals surface area (Å²) in [4.78, 5) is 4.45. The highest BCUT2D eigenvalue weighted by atomic mass is 35.5. The molecule has 0 aliphatic carbocycles. The van der Waals surface area contributed by atoms with Gasteiger partial charge in [0.05, 0.1) is 5.69 Å². The van der Waals surface area contributed by atoms with Crippen molar-refractivity contribution >= 4 is 17.4 Å². The minimum atomic E-state index is 0.238. The van der Waals surface area contributed by atoms with E-state index in [2.05, 4.69) is 11.1 Å². The van der Waals surface area contributed by atoms with Gasteiger partial charge in [-0.15, -0.1) is 0 Å². The summed E-state index contributed by atoms with van der Waals surface area (Å²) in [5.74, 6) is 0.238. The number of nitrogens with zero attached hydrogens (tertiary/aromatic N) is 2. The molecule has 3 nitrogen and oxygen atoms in total. The molecular weight excluding hydrogens is 306 g/mol. The highest BCUT2D eigenvalue weighted by Crippen LogP contribution is 2.35. The number of nitrogen functional groups attached to an aromatic ring is 1. The molecule has 0 radical (unpaired) electrons. The van der Waals surface area contributed by atoms with E-state index in [9.17, 15) is 5.26 Å². The zero-order valence-electron chi connectivity index (χ0n) is 12.5. The number of halogens is 1. The second-order valence-corrected chi connectivity index (χ2v) is 5.64. The van der Waals surface area contributed by atoms with E-state index >= 15 is 0 Å². The standard InChI is InChI=1S/C19H14ClN3/c1-12-17(13-7-9-15(20)10-8-13)16(11-21)19(22)23-18(12)14-5-3-2-4-6-14/h2-10H,1H3,(H2,22,23). The van der Waals surface area contributed by atoms with E-state index < -0.39 is 0 Å². The molecule has 0 fully saturated rings. The van der Waals surface area contributed by atoms with Crippen LogP contribution >= 0.6 is 11.6 Å². The summed E-state index contributed by atoms with van der Waals surface area (Å²) in [6.07, 6.45) is 0. The number of nitriles is 1. The fraction of sp³-hybridized carbons (Fsp3) is 0.0526. The van der Waals surface area contributed by atoms with Crippen LogP contribution in [0.5, 0.6) is 0 Å². The van der Waals surface area contributed by atoms with Crippen molar-refractivity contribution in [3.05, 3.63) is 70.7 Å². The average Bonchev–Trinajstić information content (AvgIpc) is 2.58. The van der Waals surface area contributed by atoms with Gasteiger partial charge in [0.25, 0.3) is 0 Å². The van der Waals surface area contributed by atoms with Crippen LogP contribution < -0.4 is 5.73 Å². The topological polar surface area (TPSA) is 62.7 Å². The van der Waals surface area contributed by atoms with Crippen LogP contribution in [0.4, 0.5) is 5.82 Å². The maximum atomic E-state index is 9.51. The van der Waals surface area contributed by atoms with Crippen molar-refractivity contribution in [2.45, 2.75) is 6.92 Å². The molecule has 0 aliphatic rings.